The van der Waals surface area contributed by atoms with Gasteiger partial charge in [-0.2, -0.15) is 0 Å². The van der Waals surface area contributed by atoms with Gasteiger partial charge in [-0.1, -0.05) is 45.0 Å². The Kier molecular flexibility index (Phi) is 4.21. The third kappa shape index (κ3) is 3.10. The lowest BCUT2D eigenvalue weighted by Gasteiger charge is -2.22. The van der Waals surface area contributed by atoms with Crippen LogP contribution in [0.2, 0.25) is 0 Å². The van der Waals surface area contributed by atoms with Crippen molar-refractivity contribution in [1.29, 1.82) is 0 Å². The van der Waals surface area contributed by atoms with E-state index in [-0.39, 0.29) is 5.41 Å². The number of furan rings is 1. The molecule has 0 aliphatic carbocycles. The first-order valence-electron chi connectivity index (χ1n) is 10.7. The van der Waals surface area contributed by atoms with E-state index >= 15 is 0 Å². The summed E-state index contributed by atoms with van der Waals surface area (Å²) in [4.78, 5) is 9.15. The first-order valence-corrected chi connectivity index (χ1v) is 11.6. The van der Waals surface area contributed by atoms with Crippen LogP contribution in [-0.2, 0) is 5.41 Å². The van der Waals surface area contributed by atoms with E-state index in [1.54, 1.807) is 17.7 Å². The SMILES string of the molecule is CC(C)(C)c1cc(-c2ncnc3cc(-c4ccc5sccc5c4)oc23)cc2ccccc12. The molecule has 0 bridgehead atoms. The Labute approximate surface area is 190 Å². The van der Waals surface area contributed by atoms with Gasteiger partial charge in [-0.25, -0.2) is 9.97 Å². The number of hydrogen-bond donors (Lipinski definition) is 0. The van der Waals surface area contributed by atoms with E-state index in [2.05, 4.69) is 96.8 Å². The Bertz CT molecular complexity index is 1620. The van der Waals surface area contributed by atoms with E-state index in [1.165, 1.54) is 26.4 Å². The van der Waals surface area contributed by atoms with Crippen LogP contribution in [-0.4, -0.2) is 9.97 Å². The summed E-state index contributed by atoms with van der Waals surface area (Å²) in [7, 11) is 0. The van der Waals surface area contributed by atoms with Crippen molar-refractivity contribution in [2.75, 3.05) is 0 Å². The van der Waals surface area contributed by atoms with Gasteiger partial charge in [0, 0.05) is 21.9 Å². The average molecular weight is 435 g/mol. The Balaban J connectivity index is 1.56. The Morgan fingerprint density at radius 1 is 0.812 bits per heavy atom. The Hall–Kier alpha value is -3.50. The minimum atomic E-state index is 0.00598. The van der Waals surface area contributed by atoms with Crippen LogP contribution < -0.4 is 0 Å². The lowest BCUT2D eigenvalue weighted by atomic mass is 9.82. The molecule has 6 rings (SSSR count). The highest BCUT2D eigenvalue weighted by molar-refractivity contribution is 7.17. The van der Waals surface area contributed by atoms with Crippen molar-refractivity contribution < 1.29 is 4.42 Å². The molecule has 3 aromatic heterocycles. The van der Waals surface area contributed by atoms with Crippen LogP contribution in [0.5, 0.6) is 0 Å². The van der Waals surface area contributed by atoms with Crippen LogP contribution in [0.3, 0.4) is 0 Å². The summed E-state index contributed by atoms with van der Waals surface area (Å²) in [6, 6.07) is 23.6. The summed E-state index contributed by atoms with van der Waals surface area (Å²) < 4.78 is 7.66. The first kappa shape index (κ1) is 19.2. The number of hydrogen-bond acceptors (Lipinski definition) is 4. The van der Waals surface area contributed by atoms with Crippen molar-refractivity contribution >= 4 is 43.3 Å². The van der Waals surface area contributed by atoms with Gasteiger partial charge in [-0.15, -0.1) is 11.3 Å². The molecule has 0 saturated carbocycles. The van der Waals surface area contributed by atoms with Gasteiger partial charge in [-0.05, 0) is 68.9 Å². The van der Waals surface area contributed by atoms with Crippen LogP contribution in [0.4, 0.5) is 0 Å². The van der Waals surface area contributed by atoms with Gasteiger partial charge in [0.1, 0.15) is 23.3 Å². The smallest absolute Gasteiger partial charge is 0.179 e. The summed E-state index contributed by atoms with van der Waals surface area (Å²) >= 11 is 1.75. The maximum absolute atomic E-state index is 6.38. The molecular formula is C28H22N2OS. The molecule has 32 heavy (non-hydrogen) atoms. The molecule has 156 valence electrons. The fourth-order valence-electron chi connectivity index (χ4n) is 4.39. The predicted molar refractivity (Wildman–Crippen MR) is 134 cm³/mol. The summed E-state index contributed by atoms with van der Waals surface area (Å²) in [5.74, 6) is 0.812. The third-order valence-corrected chi connectivity index (χ3v) is 6.89. The van der Waals surface area contributed by atoms with Crippen molar-refractivity contribution in [3.8, 4) is 22.6 Å². The number of fused-ring (bicyclic) bond motifs is 3. The van der Waals surface area contributed by atoms with Crippen LogP contribution in [0.1, 0.15) is 26.3 Å². The van der Waals surface area contributed by atoms with Crippen LogP contribution >= 0.6 is 11.3 Å². The molecule has 0 fully saturated rings. The second-order valence-electron chi connectivity index (χ2n) is 9.22. The van der Waals surface area contributed by atoms with E-state index in [0.29, 0.717) is 0 Å². The Morgan fingerprint density at radius 3 is 2.53 bits per heavy atom. The maximum atomic E-state index is 6.38. The van der Waals surface area contributed by atoms with Gasteiger partial charge >= 0.3 is 0 Å². The number of thiophene rings is 1. The van der Waals surface area contributed by atoms with Gasteiger partial charge < -0.3 is 4.42 Å². The first-order chi connectivity index (χ1) is 15.5. The maximum Gasteiger partial charge on any atom is 0.179 e. The van der Waals surface area contributed by atoms with Crippen molar-refractivity contribution in [2.45, 2.75) is 26.2 Å². The molecule has 3 heterocycles. The molecule has 0 spiro atoms. The van der Waals surface area contributed by atoms with Crippen LogP contribution in [0.25, 0.3) is 54.5 Å². The molecule has 0 N–H and O–H groups in total. The fourth-order valence-corrected chi connectivity index (χ4v) is 5.16. The van der Waals surface area contributed by atoms with Gasteiger partial charge in [0.15, 0.2) is 5.58 Å². The van der Waals surface area contributed by atoms with Gasteiger partial charge in [0.2, 0.25) is 0 Å². The zero-order valence-electron chi connectivity index (χ0n) is 18.2. The summed E-state index contributed by atoms with van der Waals surface area (Å²) in [6.45, 7) is 6.75. The average Bonchev–Trinajstić information content (AvgIpc) is 3.43. The molecule has 0 radical (unpaired) electrons. The molecule has 0 aliphatic heterocycles. The van der Waals surface area contributed by atoms with Crippen molar-refractivity contribution in [3.05, 3.63) is 84.0 Å². The molecule has 0 aliphatic rings. The second kappa shape index (κ2) is 7.01. The predicted octanol–water partition coefficient (Wildman–Crippen LogP) is 8.22. The van der Waals surface area contributed by atoms with Gasteiger partial charge in [-0.3, -0.25) is 0 Å². The van der Waals surface area contributed by atoms with Gasteiger partial charge in [0.25, 0.3) is 0 Å². The molecule has 4 heteroatoms. The molecule has 0 unspecified atom stereocenters. The highest BCUT2D eigenvalue weighted by Gasteiger charge is 2.20. The molecule has 3 aromatic carbocycles. The molecule has 0 saturated heterocycles. The molecule has 6 aromatic rings. The number of rotatable bonds is 2. The quantitative estimate of drug-likeness (QED) is 0.275. The monoisotopic (exact) mass is 434 g/mol. The molecule has 3 nitrogen and oxygen atoms in total. The number of aromatic nitrogens is 2. The molecular weight excluding hydrogens is 412 g/mol. The third-order valence-electron chi connectivity index (χ3n) is 5.99. The van der Waals surface area contributed by atoms with E-state index in [9.17, 15) is 0 Å². The number of benzene rings is 3. The zero-order chi connectivity index (χ0) is 21.9. The standard InChI is InChI=1S/C28H22N2OS/c1-28(2,3)22-14-20(12-17-6-4-5-7-21(17)22)26-27-23(29-16-30-26)15-24(31-27)18-8-9-25-19(13-18)10-11-32-25/h4-16H,1-3H3. The second-order valence-corrected chi connectivity index (χ2v) is 10.2. The zero-order valence-corrected chi connectivity index (χ0v) is 19.0. The summed E-state index contributed by atoms with van der Waals surface area (Å²) in [6.07, 6.45) is 1.63. The number of nitrogens with zero attached hydrogens (tertiary/aromatic N) is 2. The van der Waals surface area contributed by atoms with Gasteiger partial charge in [0.05, 0.1) is 0 Å². The highest BCUT2D eigenvalue weighted by atomic mass is 32.1. The Morgan fingerprint density at radius 2 is 1.66 bits per heavy atom. The minimum absolute atomic E-state index is 0.00598. The molecule has 0 atom stereocenters. The summed E-state index contributed by atoms with van der Waals surface area (Å²) in [5.41, 5.74) is 5.78. The highest BCUT2D eigenvalue weighted by Crippen LogP contribution is 2.38. The lowest BCUT2D eigenvalue weighted by molar-refractivity contribution is 0.596. The lowest BCUT2D eigenvalue weighted by Crippen LogP contribution is -2.12. The minimum Gasteiger partial charge on any atom is -0.452 e. The van der Waals surface area contributed by atoms with Crippen molar-refractivity contribution in [1.82, 2.24) is 9.97 Å². The van der Waals surface area contributed by atoms with E-state index in [4.69, 9.17) is 4.42 Å². The van der Waals surface area contributed by atoms with E-state index in [0.717, 1.165) is 33.7 Å². The molecule has 0 amide bonds. The van der Waals surface area contributed by atoms with Crippen molar-refractivity contribution in [3.63, 3.8) is 0 Å². The normalized spacial score (nSPS) is 12.2. The van der Waals surface area contributed by atoms with Crippen LogP contribution in [0.15, 0.2) is 82.9 Å². The van der Waals surface area contributed by atoms with E-state index < -0.39 is 0 Å². The fraction of sp³-hybridized carbons (Fsp3) is 0.143. The summed E-state index contributed by atoms with van der Waals surface area (Å²) in [5, 5.41) is 5.82. The topological polar surface area (TPSA) is 38.9 Å². The largest absolute Gasteiger partial charge is 0.452 e. The van der Waals surface area contributed by atoms with E-state index in [1.807, 2.05) is 6.07 Å². The van der Waals surface area contributed by atoms with Crippen LogP contribution in [0, 0.1) is 0 Å². The van der Waals surface area contributed by atoms with Crippen molar-refractivity contribution in [2.24, 2.45) is 0 Å².